The van der Waals surface area contributed by atoms with Crippen molar-refractivity contribution in [2.45, 2.75) is 18.2 Å². The first-order chi connectivity index (χ1) is 5.70. The molecule has 0 amide bonds. The number of thioether (sulfide) groups is 1. The third-order valence-corrected chi connectivity index (χ3v) is 2.51. The molecule has 66 valence electrons. The van der Waals surface area contributed by atoms with E-state index in [9.17, 15) is 9.50 Å². The Kier molecular flexibility index (Phi) is 2.98. The van der Waals surface area contributed by atoms with Gasteiger partial charge in [-0.25, -0.2) is 4.39 Å². The van der Waals surface area contributed by atoms with E-state index in [-0.39, 0.29) is 11.6 Å². The number of hydrogen-bond donors (Lipinski definition) is 1. The van der Waals surface area contributed by atoms with Gasteiger partial charge in [0.2, 0.25) is 0 Å². The monoisotopic (exact) mass is 186 g/mol. The predicted molar refractivity (Wildman–Crippen MR) is 49.2 cm³/mol. The maximum atomic E-state index is 13.4. The molecule has 0 bridgehead atoms. The molecule has 0 aliphatic heterocycles. The standard InChI is InChI=1S/C9H11FOS/c1-3-6-7(11)4-5-8(12-2)9(6)10/h4-5,11H,3H2,1-2H3. The van der Waals surface area contributed by atoms with Crippen molar-refractivity contribution in [1.82, 2.24) is 0 Å². The third-order valence-electron chi connectivity index (χ3n) is 1.76. The van der Waals surface area contributed by atoms with Crippen molar-refractivity contribution >= 4 is 11.8 Å². The molecule has 1 rings (SSSR count). The van der Waals surface area contributed by atoms with Crippen LogP contribution in [0.3, 0.4) is 0 Å². The SMILES string of the molecule is CCc1c(O)ccc(SC)c1F. The van der Waals surface area contributed by atoms with E-state index >= 15 is 0 Å². The number of benzene rings is 1. The van der Waals surface area contributed by atoms with Crippen LogP contribution in [0.4, 0.5) is 4.39 Å². The number of phenols is 1. The van der Waals surface area contributed by atoms with Gasteiger partial charge in [-0.1, -0.05) is 6.92 Å². The van der Waals surface area contributed by atoms with Crippen LogP contribution in [0.1, 0.15) is 12.5 Å². The van der Waals surface area contributed by atoms with E-state index in [4.69, 9.17) is 0 Å². The molecule has 0 aliphatic rings. The van der Waals surface area contributed by atoms with Crippen molar-refractivity contribution in [3.63, 3.8) is 0 Å². The summed E-state index contributed by atoms with van der Waals surface area (Å²) < 4.78 is 13.4. The van der Waals surface area contributed by atoms with Crippen molar-refractivity contribution in [2.75, 3.05) is 6.26 Å². The Labute approximate surface area is 75.6 Å². The second-order valence-electron chi connectivity index (χ2n) is 2.43. The number of hydrogen-bond acceptors (Lipinski definition) is 2. The Hall–Kier alpha value is -0.700. The third kappa shape index (κ3) is 1.55. The highest BCUT2D eigenvalue weighted by molar-refractivity contribution is 7.98. The van der Waals surface area contributed by atoms with Gasteiger partial charge >= 0.3 is 0 Å². The van der Waals surface area contributed by atoms with E-state index in [2.05, 4.69) is 0 Å². The zero-order valence-electron chi connectivity index (χ0n) is 7.10. The fourth-order valence-electron chi connectivity index (χ4n) is 1.08. The van der Waals surface area contributed by atoms with Crippen molar-refractivity contribution in [3.8, 4) is 5.75 Å². The molecule has 1 nitrogen and oxygen atoms in total. The minimum Gasteiger partial charge on any atom is -0.508 e. The van der Waals surface area contributed by atoms with Crippen LogP contribution in [0.15, 0.2) is 17.0 Å². The molecule has 0 heterocycles. The second-order valence-corrected chi connectivity index (χ2v) is 3.28. The lowest BCUT2D eigenvalue weighted by atomic mass is 10.1. The van der Waals surface area contributed by atoms with E-state index < -0.39 is 0 Å². The van der Waals surface area contributed by atoms with E-state index in [1.54, 1.807) is 6.07 Å². The van der Waals surface area contributed by atoms with Crippen LogP contribution in [0, 0.1) is 5.82 Å². The second kappa shape index (κ2) is 3.81. The zero-order valence-corrected chi connectivity index (χ0v) is 7.91. The van der Waals surface area contributed by atoms with Gasteiger partial charge in [-0.15, -0.1) is 11.8 Å². The minimum absolute atomic E-state index is 0.0489. The molecule has 3 heteroatoms. The van der Waals surface area contributed by atoms with Crippen molar-refractivity contribution < 1.29 is 9.50 Å². The van der Waals surface area contributed by atoms with Crippen LogP contribution in [0.2, 0.25) is 0 Å². The molecule has 0 unspecified atom stereocenters. The van der Waals surface area contributed by atoms with Crippen LogP contribution in [-0.2, 0) is 6.42 Å². The van der Waals surface area contributed by atoms with Crippen molar-refractivity contribution in [1.29, 1.82) is 0 Å². The Balaban J connectivity index is 3.24. The molecule has 0 saturated heterocycles. The maximum Gasteiger partial charge on any atom is 0.143 e. The molecule has 12 heavy (non-hydrogen) atoms. The number of phenolic OH excluding ortho intramolecular Hbond substituents is 1. The molecule has 0 aliphatic carbocycles. The molecule has 1 aromatic rings. The van der Waals surface area contributed by atoms with Gasteiger partial charge in [-0.2, -0.15) is 0 Å². The molecule has 0 spiro atoms. The van der Waals surface area contributed by atoms with E-state index in [0.29, 0.717) is 16.9 Å². The molecule has 0 atom stereocenters. The van der Waals surface area contributed by atoms with Crippen LogP contribution >= 0.6 is 11.8 Å². The fraction of sp³-hybridized carbons (Fsp3) is 0.333. The highest BCUT2D eigenvalue weighted by atomic mass is 32.2. The van der Waals surface area contributed by atoms with E-state index in [1.807, 2.05) is 13.2 Å². The molecular weight excluding hydrogens is 175 g/mol. The zero-order chi connectivity index (χ0) is 9.14. The van der Waals surface area contributed by atoms with Crippen molar-refractivity contribution in [2.24, 2.45) is 0 Å². The van der Waals surface area contributed by atoms with E-state index in [0.717, 1.165) is 0 Å². The molecule has 0 aromatic heterocycles. The summed E-state index contributed by atoms with van der Waals surface area (Å²) in [6, 6.07) is 3.13. The maximum absolute atomic E-state index is 13.4. The van der Waals surface area contributed by atoms with Gasteiger partial charge < -0.3 is 5.11 Å². The molecule has 0 saturated carbocycles. The van der Waals surface area contributed by atoms with Crippen LogP contribution in [0.5, 0.6) is 5.75 Å². The quantitative estimate of drug-likeness (QED) is 0.717. The van der Waals surface area contributed by atoms with Gasteiger partial charge in [-0.05, 0) is 24.8 Å². The first-order valence-corrected chi connectivity index (χ1v) is 4.97. The summed E-state index contributed by atoms with van der Waals surface area (Å²) in [4.78, 5) is 0.588. The molecule has 1 N–H and O–H groups in total. The Morgan fingerprint density at radius 3 is 2.67 bits per heavy atom. The average Bonchev–Trinajstić information content (AvgIpc) is 2.06. The smallest absolute Gasteiger partial charge is 0.143 e. The largest absolute Gasteiger partial charge is 0.508 e. The minimum atomic E-state index is -0.287. The van der Waals surface area contributed by atoms with Crippen LogP contribution < -0.4 is 0 Å². The average molecular weight is 186 g/mol. The van der Waals surface area contributed by atoms with Crippen LogP contribution in [0.25, 0.3) is 0 Å². The highest BCUT2D eigenvalue weighted by Gasteiger charge is 2.09. The Bertz CT molecular complexity index is 286. The van der Waals surface area contributed by atoms with Gasteiger partial charge in [0.15, 0.2) is 0 Å². The Morgan fingerprint density at radius 2 is 2.17 bits per heavy atom. The Morgan fingerprint density at radius 1 is 1.50 bits per heavy atom. The van der Waals surface area contributed by atoms with Gasteiger partial charge in [-0.3, -0.25) is 0 Å². The summed E-state index contributed by atoms with van der Waals surface area (Å²) in [5.74, 6) is -0.238. The highest BCUT2D eigenvalue weighted by Crippen LogP contribution is 2.28. The molecule has 0 radical (unpaired) electrons. The molecule has 1 aromatic carbocycles. The normalized spacial score (nSPS) is 10.2. The summed E-state index contributed by atoms with van der Waals surface area (Å²) in [5, 5.41) is 9.26. The summed E-state index contributed by atoms with van der Waals surface area (Å²) in [5.41, 5.74) is 0.404. The van der Waals surface area contributed by atoms with E-state index in [1.165, 1.54) is 17.8 Å². The van der Waals surface area contributed by atoms with Gasteiger partial charge in [0.1, 0.15) is 11.6 Å². The lowest BCUT2D eigenvalue weighted by Gasteiger charge is -2.06. The predicted octanol–water partition coefficient (Wildman–Crippen LogP) is 2.82. The number of halogens is 1. The summed E-state index contributed by atoms with van der Waals surface area (Å²) >= 11 is 1.35. The first-order valence-electron chi connectivity index (χ1n) is 3.75. The lowest BCUT2D eigenvalue weighted by molar-refractivity contribution is 0.456. The first kappa shape index (κ1) is 9.39. The lowest BCUT2D eigenvalue weighted by Crippen LogP contribution is -1.90. The summed E-state index contributed by atoms with van der Waals surface area (Å²) in [6.07, 6.45) is 2.33. The van der Waals surface area contributed by atoms with Gasteiger partial charge in [0, 0.05) is 10.5 Å². The van der Waals surface area contributed by atoms with Gasteiger partial charge in [0.05, 0.1) is 0 Å². The number of rotatable bonds is 2. The summed E-state index contributed by atoms with van der Waals surface area (Å²) in [7, 11) is 0. The topological polar surface area (TPSA) is 20.2 Å². The molecular formula is C9H11FOS. The number of aromatic hydroxyl groups is 1. The van der Waals surface area contributed by atoms with Crippen LogP contribution in [-0.4, -0.2) is 11.4 Å². The fourth-order valence-corrected chi connectivity index (χ4v) is 1.59. The molecule has 0 fully saturated rings. The van der Waals surface area contributed by atoms with Crippen molar-refractivity contribution in [3.05, 3.63) is 23.5 Å². The summed E-state index contributed by atoms with van der Waals surface area (Å²) in [6.45, 7) is 1.82. The van der Waals surface area contributed by atoms with Gasteiger partial charge in [0.25, 0.3) is 0 Å².